The first-order chi connectivity index (χ1) is 15.5. The monoisotopic (exact) mass is 468 g/mol. The molecule has 164 valence electrons. The van der Waals surface area contributed by atoms with Crippen LogP contribution in [0.4, 0.5) is 5.69 Å². The lowest BCUT2D eigenvalue weighted by Crippen LogP contribution is -2.42. The number of carbonyl (C=O) groups is 2. The third-order valence-electron chi connectivity index (χ3n) is 4.80. The molecule has 0 radical (unpaired) electrons. The molecule has 3 aromatic heterocycles. The molecule has 0 atom stereocenters. The van der Waals surface area contributed by atoms with Crippen LogP contribution in [0.25, 0.3) is 10.2 Å². The van der Waals surface area contributed by atoms with Crippen LogP contribution in [0.5, 0.6) is 0 Å². The van der Waals surface area contributed by atoms with Gasteiger partial charge in [0, 0.05) is 23.5 Å². The Balaban J connectivity index is 1.52. The number of rotatable bonds is 8. The predicted molar refractivity (Wildman–Crippen MR) is 126 cm³/mol. The Morgan fingerprint density at radius 3 is 2.44 bits per heavy atom. The number of nitrogens with one attached hydrogen (secondary N) is 2. The standard InChI is InChI=1S/C22H20N4O4S2/c27-18(23-13-16-7-4-11-31-16)8-10-25-21(29)20-17(9-12-32-20)26(22(25)30)14-19(28)24-15-5-2-1-3-6-15/h1-7,9,11-12H,8,10,13-14H2,(H,23,27)(H,24,28). The molecule has 0 spiro atoms. The van der Waals surface area contributed by atoms with Gasteiger partial charge < -0.3 is 10.6 Å². The van der Waals surface area contributed by atoms with Crippen molar-refractivity contribution in [2.24, 2.45) is 0 Å². The van der Waals surface area contributed by atoms with E-state index in [0.717, 1.165) is 9.44 Å². The van der Waals surface area contributed by atoms with Gasteiger partial charge in [-0.3, -0.25) is 23.5 Å². The number of thiophene rings is 2. The van der Waals surface area contributed by atoms with Crippen LogP contribution in [0, 0.1) is 0 Å². The molecule has 8 nitrogen and oxygen atoms in total. The zero-order valence-corrected chi connectivity index (χ0v) is 18.6. The Kier molecular flexibility index (Phi) is 6.62. The van der Waals surface area contributed by atoms with Gasteiger partial charge in [0.25, 0.3) is 5.56 Å². The zero-order valence-electron chi connectivity index (χ0n) is 16.9. The minimum atomic E-state index is -0.616. The van der Waals surface area contributed by atoms with Crippen molar-refractivity contribution in [1.82, 2.24) is 14.5 Å². The Morgan fingerprint density at radius 2 is 1.69 bits per heavy atom. The van der Waals surface area contributed by atoms with Crippen molar-refractivity contribution in [3.05, 3.63) is 85.0 Å². The maximum absolute atomic E-state index is 13.1. The van der Waals surface area contributed by atoms with Crippen molar-refractivity contribution in [2.75, 3.05) is 5.32 Å². The number of anilines is 1. The van der Waals surface area contributed by atoms with E-state index in [1.807, 2.05) is 23.6 Å². The molecule has 1 aromatic carbocycles. The van der Waals surface area contributed by atoms with Gasteiger partial charge in [0.1, 0.15) is 11.2 Å². The minimum absolute atomic E-state index is 0.0202. The van der Waals surface area contributed by atoms with Crippen LogP contribution in [0.2, 0.25) is 0 Å². The van der Waals surface area contributed by atoms with E-state index in [1.54, 1.807) is 35.7 Å². The first-order valence-electron chi connectivity index (χ1n) is 9.88. The molecule has 0 saturated heterocycles. The number of benzene rings is 1. The normalized spacial score (nSPS) is 10.9. The van der Waals surface area contributed by atoms with Crippen LogP contribution in [0.1, 0.15) is 11.3 Å². The maximum Gasteiger partial charge on any atom is 0.332 e. The van der Waals surface area contributed by atoms with Gasteiger partial charge in [-0.05, 0) is 35.0 Å². The number of para-hydroxylation sites is 1. The van der Waals surface area contributed by atoms with Crippen LogP contribution in [0.15, 0.2) is 68.9 Å². The molecule has 4 aromatic rings. The van der Waals surface area contributed by atoms with Crippen molar-refractivity contribution in [3.8, 4) is 0 Å². The summed E-state index contributed by atoms with van der Waals surface area (Å²) in [5, 5.41) is 9.16. The van der Waals surface area contributed by atoms with Gasteiger partial charge in [-0.25, -0.2) is 4.79 Å². The van der Waals surface area contributed by atoms with Crippen molar-refractivity contribution in [1.29, 1.82) is 0 Å². The lowest BCUT2D eigenvalue weighted by molar-refractivity contribution is -0.121. The highest BCUT2D eigenvalue weighted by Gasteiger charge is 2.17. The Labute approximate surface area is 190 Å². The summed E-state index contributed by atoms with van der Waals surface area (Å²) >= 11 is 2.74. The molecule has 0 fully saturated rings. The highest BCUT2D eigenvalue weighted by molar-refractivity contribution is 7.17. The lowest BCUT2D eigenvalue weighted by atomic mass is 10.3. The summed E-state index contributed by atoms with van der Waals surface area (Å²) in [6, 6.07) is 14.4. The van der Waals surface area contributed by atoms with Gasteiger partial charge in [0.15, 0.2) is 0 Å². The second-order valence-corrected chi connectivity index (χ2v) is 8.93. The molecule has 3 heterocycles. The first-order valence-corrected chi connectivity index (χ1v) is 11.6. The van der Waals surface area contributed by atoms with Crippen molar-refractivity contribution in [3.63, 3.8) is 0 Å². The predicted octanol–water partition coefficient (Wildman–Crippen LogP) is 2.63. The molecular weight excluding hydrogens is 448 g/mol. The number of aromatic nitrogens is 2. The third kappa shape index (κ3) is 4.87. The van der Waals surface area contributed by atoms with Crippen LogP contribution >= 0.6 is 22.7 Å². The smallest absolute Gasteiger partial charge is 0.332 e. The fourth-order valence-corrected chi connectivity index (χ4v) is 4.74. The number of carbonyl (C=O) groups excluding carboxylic acids is 2. The van der Waals surface area contributed by atoms with Crippen molar-refractivity contribution >= 4 is 50.4 Å². The average Bonchev–Trinajstić information content (AvgIpc) is 3.48. The van der Waals surface area contributed by atoms with Gasteiger partial charge in [0.2, 0.25) is 11.8 Å². The van der Waals surface area contributed by atoms with E-state index in [2.05, 4.69) is 10.6 Å². The molecule has 0 unspecified atom stereocenters. The molecule has 0 aliphatic carbocycles. The quantitative estimate of drug-likeness (QED) is 0.415. The fourth-order valence-electron chi connectivity index (χ4n) is 3.25. The van der Waals surface area contributed by atoms with Gasteiger partial charge >= 0.3 is 5.69 Å². The molecule has 10 heteroatoms. The zero-order chi connectivity index (χ0) is 22.5. The largest absolute Gasteiger partial charge is 0.351 e. The molecular formula is C22H20N4O4S2. The summed E-state index contributed by atoms with van der Waals surface area (Å²) in [4.78, 5) is 51.7. The van der Waals surface area contributed by atoms with Gasteiger partial charge in [-0.15, -0.1) is 22.7 Å². The number of hydrogen-bond acceptors (Lipinski definition) is 6. The number of hydrogen-bond donors (Lipinski definition) is 2. The van der Waals surface area contributed by atoms with E-state index in [1.165, 1.54) is 27.2 Å². The molecule has 0 bridgehead atoms. The summed E-state index contributed by atoms with van der Waals surface area (Å²) in [7, 11) is 0. The maximum atomic E-state index is 13.1. The fraction of sp³-hybridized carbons (Fsp3) is 0.182. The Morgan fingerprint density at radius 1 is 0.875 bits per heavy atom. The van der Waals surface area contributed by atoms with Crippen LogP contribution < -0.4 is 21.9 Å². The van der Waals surface area contributed by atoms with Crippen LogP contribution in [-0.4, -0.2) is 20.9 Å². The second kappa shape index (κ2) is 9.75. The molecule has 0 saturated carbocycles. The second-order valence-electron chi connectivity index (χ2n) is 6.98. The molecule has 0 aliphatic heterocycles. The van der Waals surface area contributed by atoms with E-state index < -0.39 is 11.2 Å². The summed E-state index contributed by atoms with van der Waals surface area (Å²) in [6.07, 6.45) is -0.0202. The van der Waals surface area contributed by atoms with E-state index in [4.69, 9.17) is 0 Å². The van der Waals surface area contributed by atoms with E-state index >= 15 is 0 Å². The van der Waals surface area contributed by atoms with Crippen molar-refractivity contribution in [2.45, 2.75) is 26.1 Å². The van der Waals surface area contributed by atoms with Crippen LogP contribution in [-0.2, 0) is 29.2 Å². The van der Waals surface area contributed by atoms with Gasteiger partial charge in [-0.1, -0.05) is 24.3 Å². The molecule has 4 rings (SSSR count). The van der Waals surface area contributed by atoms with E-state index in [-0.39, 0.29) is 31.3 Å². The molecule has 0 aliphatic rings. The van der Waals surface area contributed by atoms with E-state index in [0.29, 0.717) is 22.4 Å². The number of amides is 2. The topological polar surface area (TPSA) is 102 Å². The number of fused-ring (bicyclic) bond motifs is 1. The SMILES string of the molecule is O=C(CCn1c(=O)c2sccc2n(CC(=O)Nc2ccccc2)c1=O)NCc1cccs1. The van der Waals surface area contributed by atoms with Crippen LogP contribution in [0.3, 0.4) is 0 Å². The molecule has 2 N–H and O–H groups in total. The van der Waals surface area contributed by atoms with Gasteiger partial charge in [-0.2, -0.15) is 0 Å². The summed E-state index contributed by atoms with van der Waals surface area (Å²) in [5.41, 5.74) is -0.0459. The average molecular weight is 469 g/mol. The summed E-state index contributed by atoms with van der Waals surface area (Å²) < 4.78 is 2.67. The minimum Gasteiger partial charge on any atom is -0.351 e. The highest BCUT2D eigenvalue weighted by atomic mass is 32.1. The highest BCUT2D eigenvalue weighted by Crippen LogP contribution is 2.15. The van der Waals surface area contributed by atoms with Gasteiger partial charge in [0.05, 0.1) is 12.1 Å². The first kappa shape index (κ1) is 21.7. The summed E-state index contributed by atoms with van der Waals surface area (Å²) in [5.74, 6) is -0.644. The van der Waals surface area contributed by atoms with E-state index in [9.17, 15) is 19.2 Å². The number of nitrogens with zero attached hydrogens (tertiary/aromatic N) is 2. The summed E-state index contributed by atoms with van der Waals surface area (Å²) in [6.45, 7) is 0.0904. The molecule has 32 heavy (non-hydrogen) atoms. The Bertz CT molecular complexity index is 1350. The third-order valence-corrected chi connectivity index (χ3v) is 6.57. The van der Waals surface area contributed by atoms with Crippen molar-refractivity contribution < 1.29 is 9.59 Å². The Hall–Kier alpha value is -3.50. The lowest BCUT2D eigenvalue weighted by Gasteiger charge is -2.12. The molecule has 2 amide bonds.